The Bertz CT molecular complexity index is 476. The first-order valence-electron chi connectivity index (χ1n) is 6.88. The lowest BCUT2D eigenvalue weighted by Gasteiger charge is -2.32. The van der Waals surface area contributed by atoms with Crippen molar-refractivity contribution in [2.45, 2.75) is 18.9 Å². The highest BCUT2D eigenvalue weighted by Crippen LogP contribution is 2.26. The molecule has 1 atom stereocenters. The van der Waals surface area contributed by atoms with Gasteiger partial charge in [0.05, 0.1) is 19.8 Å². The number of benzene rings is 1. The molecule has 0 aromatic heterocycles. The van der Waals surface area contributed by atoms with Crippen molar-refractivity contribution in [2.75, 3.05) is 34.4 Å². The van der Waals surface area contributed by atoms with Crippen LogP contribution < -0.4 is 14.8 Å². The maximum absolute atomic E-state index is 12.6. The van der Waals surface area contributed by atoms with Crippen molar-refractivity contribution in [3.05, 3.63) is 23.8 Å². The van der Waals surface area contributed by atoms with Gasteiger partial charge in [-0.15, -0.1) is 0 Å². The van der Waals surface area contributed by atoms with Gasteiger partial charge in [-0.1, -0.05) is 0 Å². The lowest BCUT2D eigenvalue weighted by molar-refractivity contribution is 0.0695. The van der Waals surface area contributed by atoms with E-state index in [0.717, 1.165) is 25.9 Å². The number of methoxy groups -OCH3 is 2. The zero-order valence-electron chi connectivity index (χ0n) is 12.3. The van der Waals surface area contributed by atoms with E-state index in [9.17, 15) is 4.79 Å². The fourth-order valence-electron chi connectivity index (χ4n) is 2.54. The van der Waals surface area contributed by atoms with Crippen LogP contribution in [0.1, 0.15) is 23.2 Å². The number of hydrogen-bond donors (Lipinski definition) is 1. The SMILES string of the molecule is CNC1CCCN(C(=O)c2ccc(OC)cc2OC)C1. The molecule has 0 radical (unpaired) electrons. The molecule has 0 spiro atoms. The average molecular weight is 278 g/mol. The summed E-state index contributed by atoms with van der Waals surface area (Å²) in [4.78, 5) is 14.5. The molecule has 1 saturated heterocycles. The summed E-state index contributed by atoms with van der Waals surface area (Å²) in [6, 6.07) is 5.67. The maximum atomic E-state index is 12.6. The molecule has 1 N–H and O–H groups in total. The summed E-state index contributed by atoms with van der Waals surface area (Å²) in [5, 5.41) is 3.24. The molecule has 0 saturated carbocycles. The third kappa shape index (κ3) is 3.04. The van der Waals surface area contributed by atoms with Crippen LogP contribution in [0.5, 0.6) is 11.5 Å². The summed E-state index contributed by atoms with van der Waals surface area (Å²) in [6.07, 6.45) is 2.13. The predicted molar refractivity (Wildman–Crippen MR) is 77.5 cm³/mol. The molecular formula is C15H22N2O3. The smallest absolute Gasteiger partial charge is 0.257 e. The molecular weight excluding hydrogens is 256 g/mol. The number of ether oxygens (including phenoxy) is 2. The monoisotopic (exact) mass is 278 g/mol. The van der Waals surface area contributed by atoms with E-state index in [1.165, 1.54) is 0 Å². The van der Waals surface area contributed by atoms with E-state index < -0.39 is 0 Å². The number of rotatable bonds is 4. The van der Waals surface area contributed by atoms with Crippen molar-refractivity contribution >= 4 is 5.91 Å². The Morgan fingerprint density at radius 1 is 1.35 bits per heavy atom. The lowest BCUT2D eigenvalue weighted by atomic mass is 10.0. The van der Waals surface area contributed by atoms with Gasteiger partial charge in [-0.3, -0.25) is 4.79 Å². The number of hydrogen-bond acceptors (Lipinski definition) is 4. The molecule has 1 aromatic rings. The summed E-state index contributed by atoms with van der Waals surface area (Å²) in [5.41, 5.74) is 0.588. The van der Waals surface area contributed by atoms with E-state index in [1.807, 2.05) is 11.9 Å². The molecule has 0 aliphatic carbocycles. The van der Waals surface area contributed by atoms with Gasteiger partial charge in [0.15, 0.2) is 0 Å². The van der Waals surface area contributed by atoms with E-state index in [0.29, 0.717) is 23.1 Å². The average Bonchev–Trinajstić information content (AvgIpc) is 2.53. The Kier molecular flexibility index (Phi) is 4.84. The standard InChI is InChI=1S/C15H22N2O3/c1-16-11-5-4-8-17(10-11)15(18)13-7-6-12(19-2)9-14(13)20-3/h6-7,9,11,16H,4-5,8,10H2,1-3H3. The highest BCUT2D eigenvalue weighted by atomic mass is 16.5. The third-order valence-corrected chi connectivity index (χ3v) is 3.76. The minimum atomic E-state index is 0.0180. The van der Waals surface area contributed by atoms with E-state index >= 15 is 0 Å². The summed E-state index contributed by atoms with van der Waals surface area (Å²) in [6.45, 7) is 1.54. The topological polar surface area (TPSA) is 50.8 Å². The van der Waals surface area contributed by atoms with Crippen LogP contribution in [-0.4, -0.2) is 51.2 Å². The van der Waals surface area contributed by atoms with Crippen molar-refractivity contribution in [3.63, 3.8) is 0 Å². The van der Waals surface area contributed by atoms with Crippen LogP contribution in [0.3, 0.4) is 0 Å². The summed E-state index contributed by atoms with van der Waals surface area (Å²) in [7, 11) is 5.10. The van der Waals surface area contributed by atoms with Gasteiger partial charge in [0, 0.05) is 25.2 Å². The van der Waals surface area contributed by atoms with Gasteiger partial charge in [-0.25, -0.2) is 0 Å². The Balaban J connectivity index is 2.19. The van der Waals surface area contributed by atoms with Gasteiger partial charge in [-0.05, 0) is 32.0 Å². The number of nitrogens with zero attached hydrogens (tertiary/aromatic N) is 1. The molecule has 1 unspecified atom stereocenters. The van der Waals surface area contributed by atoms with Crippen LogP contribution in [0.15, 0.2) is 18.2 Å². The number of carbonyl (C=O) groups is 1. The van der Waals surface area contributed by atoms with Crippen molar-refractivity contribution in [3.8, 4) is 11.5 Å². The lowest BCUT2D eigenvalue weighted by Crippen LogP contribution is -2.47. The summed E-state index contributed by atoms with van der Waals surface area (Å²) < 4.78 is 10.5. The first kappa shape index (κ1) is 14.7. The minimum absolute atomic E-state index is 0.0180. The quantitative estimate of drug-likeness (QED) is 0.907. The number of nitrogens with one attached hydrogen (secondary N) is 1. The minimum Gasteiger partial charge on any atom is -0.497 e. The molecule has 1 aliphatic heterocycles. The molecule has 1 fully saturated rings. The zero-order chi connectivity index (χ0) is 14.5. The van der Waals surface area contributed by atoms with Crippen molar-refractivity contribution < 1.29 is 14.3 Å². The second-order valence-corrected chi connectivity index (χ2v) is 4.95. The zero-order valence-corrected chi connectivity index (χ0v) is 12.3. The number of likely N-dealkylation sites (tertiary alicyclic amines) is 1. The van der Waals surface area contributed by atoms with Crippen LogP contribution in [0.25, 0.3) is 0 Å². The highest BCUT2D eigenvalue weighted by Gasteiger charge is 2.25. The molecule has 5 heteroatoms. The number of piperidine rings is 1. The predicted octanol–water partition coefficient (Wildman–Crippen LogP) is 1.53. The summed E-state index contributed by atoms with van der Waals surface area (Å²) >= 11 is 0. The molecule has 1 amide bonds. The number of amides is 1. The van der Waals surface area contributed by atoms with E-state index in [-0.39, 0.29) is 5.91 Å². The maximum Gasteiger partial charge on any atom is 0.257 e. The first-order valence-corrected chi connectivity index (χ1v) is 6.88. The van der Waals surface area contributed by atoms with E-state index in [2.05, 4.69) is 5.32 Å². The fourth-order valence-corrected chi connectivity index (χ4v) is 2.54. The Labute approximate surface area is 119 Å². The van der Waals surface area contributed by atoms with Crippen LogP contribution in [0.4, 0.5) is 0 Å². The van der Waals surface area contributed by atoms with E-state index in [1.54, 1.807) is 32.4 Å². The summed E-state index contributed by atoms with van der Waals surface area (Å²) in [5.74, 6) is 1.26. The third-order valence-electron chi connectivity index (χ3n) is 3.76. The Morgan fingerprint density at radius 2 is 2.15 bits per heavy atom. The van der Waals surface area contributed by atoms with Gasteiger partial charge in [0.1, 0.15) is 11.5 Å². The highest BCUT2D eigenvalue weighted by molar-refractivity contribution is 5.97. The Hall–Kier alpha value is -1.75. The molecule has 0 bridgehead atoms. The molecule has 1 aliphatic rings. The molecule has 1 heterocycles. The molecule has 20 heavy (non-hydrogen) atoms. The van der Waals surface area contributed by atoms with Crippen molar-refractivity contribution in [1.82, 2.24) is 10.2 Å². The largest absolute Gasteiger partial charge is 0.497 e. The fraction of sp³-hybridized carbons (Fsp3) is 0.533. The van der Waals surface area contributed by atoms with Crippen LogP contribution in [0.2, 0.25) is 0 Å². The normalized spacial score (nSPS) is 18.8. The van der Waals surface area contributed by atoms with Crippen molar-refractivity contribution in [2.24, 2.45) is 0 Å². The van der Waals surface area contributed by atoms with Gasteiger partial charge >= 0.3 is 0 Å². The molecule has 5 nitrogen and oxygen atoms in total. The first-order chi connectivity index (χ1) is 9.69. The van der Waals surface area contributed by atoms with Gasteiger partial charge in [0.25, 0.3) is 5.91 Å². The van der Waals surface area contributed by atoms with Gasteiger partial charge in [0.2, 0.25) is 0 Å². The Morgan fingerprint density at radius 3 is 2.80 bits per heavy atom. The second kappa shape index (κ2) is 6.61. The van der Waals surface area contributed by atoms with Crippen molar-refractivity contribution in [1.29, 1.82) is 0 Å². The van der Waals surface area contributed by atoms with Crippen LogP contribution >= 0.6 is 0 Å². The second-order valence-electron chi connectivity index (χ2n) is 4.95. The number of carbonyl (C=O) groups excluding carboxylic acids is 1. The molecule has 2 rings (SSSR count). The van der Waals surface area contributed by atoms with E-state index in [4.69, 9.17) is 9.47 Å². The van der Waals surface area contributed by atoms with Gasteiger partial charge < -0.3 is 19.7 Å². The van der Waals surface area contributed by atoms with Gasteiger partial charge in [-0.2, -0.15) is 0 Å². The molecule has 1 aromatic carbocycles. The van der Waals surface area contributed by atoms with Crippen LogP contribution in [0, 0.1) is 0 Å². The molecule has 110 valence electrons. The number of likely N-dealkylation sites (N-methyl/N-ethyl adjacent to an activating group) is 1. The van der Waals surface area contributed by atoms with Crippen LogP contribution in [-0.2, 0) is 0 Å².